The molecule has 6 nitrogen and oxygen atoms in total. The van der Waals surface area contributed by atoms with Crippen molar-refractivity contribution in [3.8, 4) is 11.5 Å². The number of rotatable bonds is 8. The van der Waals surface area contributed by atoms with Gasteiger partial charge in [0.25, 0.3) is 0 Å². The van der Waals surface area contributed by atoms with Gasteiger partial charge in [-0.2, -0.15) is 0 Å². The lowest BCUT2D eigenvalue weighted by Crippen LogP contribution is -2.29. The van der Waals surface area contributed by atoms with Gasteiger partial charge in [-0.1, -0.05) is 23.7 Å². The smallest absolute Gasteiger partial charge is 0.233 e. The predicted molar refractivity (Wildman–Crippen MR) is 101 cm³/mol. The molecule has 0 fully saturated rings. The summed E-state index contributed by atoms with van der Waals surface area (Å²) in [5.41, 5.74) is 1.50. The lowest BCUT2D eigenvalue weighted by Gasteiger charge is -2.11. The van der Waals surface area contributed by atoms with Gasteiger partial charge in [0, 0.05) is 17.6 Å². The minimum atomic E-state index is -0.422. The molecule has 2 rings (SSSR count). The van der Waals surface area contributed by atoms with Crippen LogP contribution in [0.5, 0.6) is 11.5 Å². The fourth-order valence-electron chi connectivity index (χ4n) is 2.34. The maximum atomic E-state index is 12.0. The standard InChI is InChI=1S/C19H21ClN2O4/c1-25-15-6-7-16(17(11-15)26-2)22-19(24)12-18(23)21-9-8-13-4-3-5-14(20)10-13/h3-7,10-11H,8-9,12H2,1-2H3,(H,21,23)(H,22,24). The van der Waals surface area contributed by atoms with Crippen molar-refractivity contribution in [2.24, 2.45) is 0 Å². The first-order valence-corrected chi connectivity index (χ1v) is 8.42. The maximum absolute atomic E-state index is 12.0. The molecule has 138 valence electrons. The molecular weight excluding hydrogens is 356 g/mol. The molecule has 0 unspecified atom stereocenters. The third-order valence-electron chi connectivity index (χ3n) is 3.63. The molecule has 2 aromatic carbocycles. The monoisotopic (exact) mass is 376 g/mol. The highest BCUT2D eigenvalue weighted by Crippen LogP contribution is 2.29. The van der Waals surface area contributed by atoms with E-state index in [-0.39, 0.29) is 12.3 Å². The number of anilines is 1. The number of carbonyl (C=O) groups is 2. The Morgan fingerprint density at radius 1 is 1.04 bits per heavy atom. The molecule has 0 bridgehead atoms. The lowest BCUT2D eigenvalue weighted by molar-refractivity contribution is -0.126. The molecule has 0 saturated carbocycles. The quantitative estimate of drug-likeness (QED) is 0.694. The molecule has 26 heavy (non-hydrogen) atoms. The summed E-state index contributed by atoms with van der Waals surface area (Å²) in [6, 6.07) is 12.4. The number of methoxy groups -OCH3 is 2. The summed E-state index contributed by atoms with van der Waals surface area (Å²) < 4.78 is 10.3. The van der Waals surface area contributed by atoms with Crippen molar-refractivity contribution in [3.05, 3.63) is 53.1 Å². The van der Waals surface area contributed by atoms with Crippen LogP contribution in [0.2, 0.25) is 5.02 Å². The van der Waals surface area contributed by atoms with Gasteiger partial charge in [-0.15, -0.1) is 0 Å². The van der Waals surface area contributed by atoms with Gasteiger partial charge >= 0.3 is 0 Å². The predicted octanol–water partition coefficient (Wildman–Crippen LogP) is 3.04. The second kappa shape index (κ2) is 9.68. The SMILES string of the molecule is COc1ccc(NC(=O)CC(=O)NCCc2cccc(Cl)c2)c(OC)c1. The molecule has 0 radical (unpaired) electrons. The maximum Gasteiger partial charge on any atom is 0.233 e. The van der Waals surface area contributed by atoms with E-state index in [1.807, 2.05) is 18.2 Å². The first-order chi connectivity index (χ1) is 12.5. The van der Waals surface area contributed by atoms with Gasteiger partial charge in [-0.3, -0.25) is 9.59 Å². The Kier molecular flexibility index (Phi) is 7.29. The largest absolute Gasteiger partial charge is 0.497 e. The molecule has 0 spiro atoms. The summed E-state index contributed by atoms with van der Waals surface area (Å²) in [4.78, 5) is 24.0. The highest BCUT2D eigenvalue weighted by molar-refractivity contribution is 6.30. The van der Waals surface area contributed by atoms with Crippen molar-refractivity contribution in [1.82, 2.24) is 5.32 Å². The number of ether oxygens (including phenoxy) is 2. The van der Waals surface area contributed by atoms with Crippen LogP contribution < -0.4 is 20.1 Å². The summed E-state index contributed by atoms with van der Waals surface area (Å²) in [7, 11) is 3.04. The molecule has 0 aliphatic carbocycles. The highest BCUT2D eigenvalue weighted by atomic mass is 35.5. The van der Waals surface area contributed by atoms with Gasteiger partial charge in [0.15, 0.2) is 0 Å². The summed E-state index contributed by atoms with van der Waals surface area (Å²) in [5.74, 6) is 0.295. The van der Waals surface area contributed by atoms with E-state index in [2.05, 4.69) is 10.6 Å². The van der Waals surface area contributed by atoms with E-state index in [1.165, 1.54) is 7.11 Å². The topological polar surface area (TPSA) is 76.7 Å². The molecule has 0 atom stereocenters. The number of benzene rings is 2. The van der Waals surface area contributed by atoms with Gasteiger partial charge in [-0.05, 0) is 36.2 Å². The van der Waals surface area contributed by atoms with Gasteiger partial charge in [0.1, 0.15) is 17.9 Å². The number of hydrogen-bond acceptors (Lipinski definition) is 4. The molecule has 0 aromatic heterocycles. The van der Waals surface area contributed by atoms with Crippen molar-refractivity contribution in [2.75, 3.05) is 26.1 Å². The normalized spacial score (nSPS) is 10.1. The van der Waals surface area contributed by atoms with E-state index >= 15 is 0 Å². The van der Waals surface area contributed by atoms with E-state index in [1.54, 1.807) is 31.4 Å². The van der Waals surface area contributed by atoms with Crippen LogP contribution in [0.25, 0.3) is 0 Å². The van der Waals surface area contributed by atoms with E-state index < -0.39 is 5.91 Å². The summed E-state index contributed by atoms with van der Waals surface area (Å²) in [5, 5.41) is 6.04. The van der Waals surface area contributed by atoms with Gasteiger partial charge in [0.05, 0.1) is 19.9 Å². The van der Waals surface area contributed by atoms with E-state index in [4.69, 9.17) is 21.1 Å². The number of amides is 2. The van der Waals surface area contributed by atoms with Crippen molar-refractivity contribution in [3.63, 3.8) is 0 Å². The zero-order valence-corrected chi connectivity index (χ0v) is 15.4. The Morgan fingerprint density at radius 2 is 1.85 bits per heavy atom. The third-order valence-corrected chi connectivity index (χ3v) is 3.86. The van der Waals surface area contributed by atoms with Crippen molar-refractivity contribution < 1.29 is 19.1 Å². The van der Waals surface area contributed by atoms with Gasteiger partial charge < -0.3 is 20.1 Å². The zero-order chi connectivity index (χ0) is 18.9. The molecule has 2 aromatic rings. The van der Waals surface area contributed by atoms with Gasteiger partial charge in [0.2, 0.25) is 11.8 Å². The Bertz CT molecular complexity index is 780. The Balaban J connectivity index is 1.81. The highest BCUT2D eigenvalue weighted by Gasteiger charge is 2.12. The van der Waals surface area contributed by atoms with Crippen LogP contribution in [0, 0.1) is 0 Å². The lowest BCUT2D eigenvalue weighted by atomic mass is 10.1. The summed E-state index contributed by atoms with van der Waals surface area (Å²) >= 11 is 5.92. The molecule has 0 aliphatic rings. The molecule has 0 heterocycles. The Labute approximate surface area is 157 Å². The molecule has 2 N–H and O–H groups in total. The fraction of sp³-hybridized carbons (Fsp3) is 0.263. The first-order valence-electron chi connectivity index (χ1n) is 8.05. The van der Waals surface area contributed by atoms with Crippen molar-refractivity contribution in [2.45, 2.75) is 12.8 Å². The Morgan fingerprint density at radius 3 is 2.54 bits per heavy atom. The van der Waals surface area contributed by atoms with E-state index in [9.17, 15) is 9.59 Å². The minimum Gasteiger partial charge on any atom is -0.497 e. The fourth-order valence-corrected chi connectivity index (χ4v) is 2.56. The summed E-state index contributed by atoms with van der Waals surface area (Å²) in [6.07, 6.45) is 0.366. The number of halogens is 1. The van der Waals surface area contributed by atoms with Crippen LogP contribution >= 0.6 is 11.6 Å². The van der Waals surface area contributed by atoms with Gasteiger partial charge in [-0.25, -0.2) is 0 Å². The molecule has 2 amide bonds. The second-order valence-corrected chi connectivity index (χ2v) is 5.96. The van der Waals surface area contributed by atoms with Crippen LogP contribution in [-0.2, 0) is 16.0 Å². The first kappa shape index (κ1) is 19.6. The summed E-state index contributed by atoms with van der Waals surface area (Å²) in [6.45, 7) is 0.429. The molecular formula is C19H21ClN2O4. The molecule has 0 saturated heterocycles. The van der Waals surface area contributed by atoms with E-state index in [0.717, 1.165) is 5.56 Å². The van der Waals surface area contributed by atoms with E-state index in [0.29, 0.717) is 35.2 Å². The van der Waals surface area contributed by atoms with Crippen LogP contribution in [0.15, 0.2) is 42.5 Å². The van der Waals surface area contributed by atoms with Crippen molar-refractivity contribution in [1.29, 1.82) is 0 Å². The third kappa shape index (κ3) is 5.97. The molecule has 7 heteroatoms. The Hall–Kier alpha value is -2.73. The van der Waals surface area contributed by atoms with Crippen LogP contribution in [-0.4, -0.2) is 32.6 Å². The van der Waals surface area contributed by atoms with Crippen LogP contribution in [0.4, 0.5) is 5.69 Å². The molecule has 0 aliphatic heterocycles. The van der Waals surface area contributed by atoms with Crippen LogP contribution in [0.1, 0.15) is 12.0 Å². The number of hydrogen-bond donors (Lipinski definition) is 2. The average molecular weight is 377 g/mol. The number of carbonyl (C=O) groups excluding carboxylic acids is 2. The minimum absolute atomic E-state index is 0.273. The van der Waals surface area contributed by atoms with Crippen LogP contribution in [0.3, 0.4) is 0 Å². The second-order valence-electron chi connectivity index (χ2n) is 5.52. The van der Waals surface area contributed by atoms with Crippen molar-refractivity contribution >= 4 is 29.1 Å². The average Bonchev–Trinajstić information content (AvgIpc) is 2.62. The number of nitrogens with one attached hydrogen (secondary N) is 2. The zero-order valence-electron chi connectivity index (χ0n) is 14.7.